The van der Waals surface area contributed by atoms with E-state index in [1.54, 1.807) is 0 Å². The minimum atomic E-state index is -0.312. The largest absolute Gasteiger partial charge is 0.369 e. The summed E-state index contributed by atoms with van der Waals surface area (Å²) in [6.07, 6.45) is 0. The molecule has 2 aromatic rings. The van der Waals surface area contributed by atoms with Crippen molar-refractivity contribution < 1.29 is 4.79 Å². The van der Waals surface area contributed by atoms with Crippen molar-refractivity contribution in [1.82, 2.24) is 9.55 Å². The second-order valence-electron chi connectivity index (χ2n) is 5.05. The standard InChI is InChI=1S/C14H19N3OS/c1-9(2)8-17-12-7-5-4-6-11(12)16-14(17)19-10(3)13(15)18/h4-7,9-10H,8H2,1-3H3,(H2,15,18). The zero-order valence-corrected chi connectivity index (χ0v) is 12.3. The highest BCUT2D eigenvalue weighted by atomic mass is 32.2. The number of thioether (sulfide) groups is 1. The fourth-order valence-electron chi connectivity index (χ4n) is 1.90. The topological polar surface area (TPSA) is 60.9 Å². The summed E-state index contributed by atoms with van der Waals surface area (Å²) in [5.74, 6) is 0.203. The third kappa shape index (κ3) is 3.10. The summed E-state index contributed by atoms with van der Waals surface area (Å²) < 4.78 is 2.17. The zero-order chi connectivity index (χ0) is 14.0. The van der Waals surface area contributed by atoms with Crippen LogP contribution < -0.4 is 5.73 Å². The fraction of sp³-hybridized carbons (Fsp3) is 0.429. The molecule has 0 aliphatic carbocycles. The van der Waals surface area contributed by atoms with Gasteiger partial charge in [-0.3, -0.25) is 4.79 Å². The van der Waals surface area contributed by atoms with Crippen molar-refractivity contribution in [1.29, 1.82) is 0 Å². The highest BCUT2D eigenvalue weighted by Gasteiger charge is 2.17. The number of nitrogens with zero attached hydrogens (tertiary/aromatic N) is 2. The van der Waals surface area contributed by atoms with Crippen LogP contribution in [0.5, 0.6) is 0 Å². The van der Waals surface area contributed by atoms with E-state index in [1.807, 2.05) is 25.1 Å². The molecule has 1 heterocycles. The summed E-state index contributed by atoms with van der Waals surface area (Å²) in [7, 11) is 0. The first-order chi connectivity index (χ1) is 8.99. The number of amides is 1. The molecular formula is C14H19N3OS. The molecule has 4 nitrogen and oxygen atoms in total. The number of hydrogen-bond acceptors (Lipinski definition) is 3. The average Bonchev–Trinajstić information content (AvgIpc) is 2.67. The van der Waals surface area contributed by atoms with Crippen molar-refractivity contribution in [2.24, 2.45) is 11.7 Å². The monoisotopic (exact) mass is 277 g/mol. The molecule has 0 saturated heterocycles. The molecule has 0 aliphatic heterocycles. The number of carbonyl (C=O) groups excluding carboxylic acids is 1. The van der Waals surface area contributed by atoms with E-state index in [4.69, 9.17) is 5.73 Å². The van der Waals surface area contributed by atoms with Crippen LogP contribution in [-0.2, 0) is 11.3 Å². The summed E-state index contributed by atoms with van der Waals surface area (Å²) >= 11 is 1.42. The van der Waals surface area contributed by atoms with Crippen molar-refractivity contribution >= 4 is 28.7 Å². The molecule has 19 heavy (non-hydrogen) atoms. The number of imidazole rings is 1. The third-order valence-corrected chi connectivity index (χ3v) is 3.96. The van der Waals surface area contributed by atoms with Crippen LogP contribution in [0.2, 0.25) is 0 Å². The molecule has 5 heteroatoms. The number of aromatic nitrogens is 2. The summed E-state index contributed by atoms with van der Waals surface area (Å²) in [6, 6.07) is 8.03. The van der Waals surface area contributed by atoms with E-state index < -0.39 is 0 Å². The molecule has 2 N–H and O–H groups in total. The molecule has 1 atom stereocenters. The lowest BCUT2D eigenvalue weighted by Crippen LogP contribution is -2.23. The SMILES string of the molecule is CC(C)Cn1c(SC(C)C(N)=O)nc2ccccc21. The van der Waals surface area contributed by atoms with Crippen LogP contribution in [0, 0.1) is 5.92 Å². The summed E-state index contributed by atoms with van der Waals surface area (Å²) in [5.41, 5.74) is 7.40. The second-order valence-corrected chi connectivity index (χ2v) is 6.36. The number of nitrogens with two attached hydrogens (primary N) is 1. The lowest BCUT2D eigenvalue weighted by molar-refractivity contribution is -0.117. The normalized spacial score (nSPS) is 13.1. The number of hydrogen-bond donors (Lipinski definition) is 1. The first-order valence-corrected chi connectivity index (χ1v) is 7.28. The Hall–Kier alpha value is -1.49. The Bertz CT molecular complexity index is 591. The molecule has 1 amide bonds. The Labute approximate surface area is 117 Å². The van der Waals surface area contributed by atoms with E-state index >= 15 is 0 Å². The number of fused-ring (bicyclic) bond motifs is 1. The third-order valence-electron chi connectivity index (χ3n) is 2.85. The van der Waals surface area contributed by atoms with Gasteiger partial charge >= 0.3 is 0 Å². The smallest absolute Gasteiger partial charge is 0.230 e. The van der Waals surface area contributed by atoms with Crippen molar-refractivity contribution in [2.45, 2.75) is 37.7 Å². The summed E-state index contributed by atoms with van der Waals surface area (Å²) in [5, 5.41) is 0.587. The first-order valence-electron chi connectivity index (χ1n) is 6.40. The van der Waals surface area contributed by atoms with Gasteiger partial charge < -0.3 is 10.3 Å². The predicted molar refractivity (Wildman–Crippen MR) is 79.1 cm³/mol. The molecule has 0 radical (unpaired) electrons. The minimum absolute atomic E-state index is 0.275. The second kappa shape index (κ2) is 5.65. The molecule has 1 unspecified atom stereocenters. The van der Waals surface area contributed by atoms with Crippen LogP contribution in [0.3, 0.4) is 0 Å². The van der Waals surface area contributed by atoms with Crippen molar-refractivity contribution in [2.75, 3.05) is 0 Å². The molecule has 0 fully saturated rings. The maximum atomic E-state index is 11.2. The van der Waals surface area contributed by atoms with Gasteiger partial charge in [0, 0.05) is 6.54 Å². The van der Waals surface area contributed by atoms with E-state index in [0.717, 1.165) is 22.7 Å². The van der Waals surface area contributed by atoms with Gasteiger partial charge in [0.2, 0.25) is 5.91 Å². The van der Waals surface area contributed by atoms with E-state index in [1.165, 1.54) is 11.8 Å². The summed E-state index contributed by atoms with van der Waals surface area (Å²) in [4.78, 5) is 15.8. The molecule has 0 aliphatic rings. The van der Waals surface area contributed by atoms with Gasteiger partial charge in [-0.15, -0.1) is 0 Å². The Morgan fingerprint density at radius 1 is 1.37 bits per heavy atom. The Morgan fingerprint density at radius 2 is 2.05 bits per heavy atom. The average molecular weight is 277 g/mol. The van der Waals surface area contributed by atoms with Crippen molar-refractivity contribution in [3.8, 4) is 0 Å². The van der Waals surface area contributed by atoms with Gasteiger partial charge in [-0.25, -0.2) is 4.98 Å². The molecule has 1 aromatic heterocycles. The molecule has 0 spiro atoms. The van der Waals surface area contributed by atoms with Gasteiger partial charge in [0.25, 0.3) is 0 Å². The van der Waals surface area contributed by atoms with E-state index in [9.17, 15) is 4.79 Å². The van der Waals surface area contributed by atoms with Crippen LogP contribution in [0.4, 0.5) is 0 Å². The van der Waals surface area contributed by atoms with E-state index in [-0.39, 0.29) is 11.2 Å². The lowest BCUT2D eigenvalue weighted by atomic mass is 10.2. The quantitative estimate of drug-likeness (QED) is 0.855. The van der Waals surface area contributed by atoms with Crippen molar-refractivity contribution in [3.05, 3.63) is 24.3 Å². The first kappa shape index (κ1) is 13.9. The van der Waals surface area contributed by atoms with Crippen molar-refractivity contribution in [3.63, 3.8) is 0 Å². The Kier molecular flexibility index (Phi) is 4.14. The molecular weight excluding hydrogens is 258 g/mol. The van der Waals surface area contributed by atoms with Crippen LogP contribution >= 0.6 is 11.8 Å². The maximum Gasteiger partial charge on any atom is 0.230 e. The van der Waals surface area contributed by atoms with Crippen LogP contribution in [0.15, 0.2) is 29.4 Å². The van der Waals surface area contributed by atoms with Crippen LogP contribution in [-0.4, -0.2) is 20.7 Å². The van der Waals surface area contributed by atoms with E-state index in [2.05, 4.69) is 29.5 Å². The number of carbonyl (C=O) groups is 1. The van der Waals surface area contributed by atoms with Gasteiger partial charge in [0.05, 0.1) is 16.3 Å². The highest BCUT2D eigenvalue weighted by molar-refractivity contribution is 8.00. The summed E-state index contributed by atoms with van der Waals surface area (Å²) in [6.45, 7) is 7.03. The van der Waals surface area contributed by atoms with Gasteiger partial charge in [0.15, 0.2) is 5.16 Å². The van der Waals surface area contributed by atoms with Gasteiger partial charge in [-0.05, 0) is 25.0 Å². The predicted octanol–water partition coefficient (Wildman–Crippen LogP) is 2.66. The molecule has 1 aromatic carbocycles. The number of benzene rings is 1. The van der Waals surface area contributed by atoms with E-state index in [0.29, 0.717) is 5.92 Å². The fourth-order valence-corrected chi connectivity index (χ4v) is 2.78. The van der Waals surface area contributed by atoms with Crippen LogP contribution in [0.25, 0.3) is 11.0 Å². The highest BCUT2D eigenvalue weighted by Crippen LogP contribution is 2.27. The molecule has 102 valence electrons. The van der Waals surface area contributed by atoms with Crippen LogP contribution in [0.1, 0.15) is 20.8 Å². The Morgan fingerprint density at radius 3 is 2.68 bits per heavy atom. The molecule has 0 bridgehead atoms. The van der Waals surface area contributed by atoms with Gasteiger partial charge in [0.1, 0.15) is 0 Å². The maximum absolute atomic E-state index is 11.2. The number of para-hydroxylation sites is 2. The number of primary amides is 1. The lowest BCUT2D eigenvalue weighted by Gasteiger charge is -2.12. The zero-order valence-electron chi connectivity index (χ0n) is 11.5. The van der Waals surface area contributed by atoms with Gasteiger partial charge in [-0.1, -0.05) is 37.7 Å². The molecule has 0 saturated carbocycles. The number of rotatable bonds is 5. The Balaban J connectivity index is 2.43. The molecule has 2 rings (SSSR count). The minimum Gasteiger partial charge on any atom is -0.369 e. The van der Waals surface area contributed by atoms with Gasteiger partial charge in [-0.2, -0.15) is 0 Å².